The summed E-state index contributed by atoms with van der Waals surface area (Å²) in [6.45, 7) is 0.0824. The second-order valence-electron chi connectivity index (χ2n) is 5.40. The lowest BCUT2D eigenvalue weighted by Gasteiger charge is -2.01. The molecule has 0 fully saturated rings. The van der Waals surface area contributed by atoms with Gasteiger partial charge in [0.1, 0.15) is 27.6 Å². The number of hydrogen-bond donors (Lipinski definition) is 0. The Labute approximate surface area is 164 Å². The minimum absolute atomic E-state index is 0.0824. The van der Waals surface area contributed by atoms with Crippen LogP contribution in [-0.4, -0.2) is 20.3 Å². The minimum Gasteiger partial charge on any atom is -0.455 e. The third-order valence-corrected chi connectivity index (χ3v) is 6.21. The summed E-state index contributed by atoms with van der Waals surface area (Å²) in [5.41, 5.74) is 1.60. The minimum atomic E-state index is -0.434. The maximum atomic E-state index is 13.0. The van der Waals surface area contributed by atoms with Crippen LogP contribution in [-0.2, 0) is 17.8 Å². The number of thiazole rings is 2. The second-order valence-corrected chi connectivity index (χ2v) is 8.14. The van der Waals surface area contributed by atoms with Gasteiger partial charge in [-0.25, -0.2) is 19.2 Å². The van der Waals surface area contributed by atoms with Gasteiger partial charge in [0.05, 0.1) is 11.2 Å². The number of aromatic nitrogens is 3. The molecule has 0 radical (unpaired) electrons. The van der Waals surface area contributed by atoms with Crippen LogP contribution in [0.2, 0.25) is 0 Å². The molecule has 0 spiro atoms. The number of benzene rings is 1. The van der Waals surface area contributed by atoms with Gasteiger partial charge in [0, 0.05) is 18.0 Å². The maximum absolute atomic E-state index is 13.0. The quantitative estimate of drug-likeness (QED) is 0.412. The Hall–Kier alpha value is -2.10. The number of rotatable bonds is 5. The summed E-state index contributed by atoms with van der Waals surface area (Å²) < 4.78 is 21.0. The molecule has 132 valence electrons. The van der Waals surface area contributed by atoms with E-state index in [9.17, 15) is 9.18 Å². The molecule has 3 heterocycles. The third kappa shape index (κ3) is 3.55. The summed E-state index contributed by atoms with van der Waals surface area (Å²) in [6.07, 6.45) is 3.95. The Morgan fingerprint density at radius 1 is 1.31 bits per heavy atom. The molecule has 4 rings (SSSR count). The number of imidazole rings is 1. The number of carbonyl (C=O) groups is 1. The Balaban J connectivity index is 1.40. The van der Waals surface area contributed by atoms with Gasteiger partial charge in [-0.3, -0.25) is 4.40 Å². The smallest absolute Gasteiger partial charge is 0.350 e. The molecule has 0 bridgehead atoms. The van der Waals surface area contributed by atoms with Crippen LogP contribution in [0.3, 0.4) is 0 Å². The van der Waals surface area contributed by atoms with E-state index in [0.29, 0.717) is 17.0 Å². The lowest BCUT2D eigenvalue weighted by atomic mass is 10.2. The van der Waals surface area contributed by atoms with Crippen molar-refractivity contribution in [3.63, 3.8) is 0 Å². The fourth-order valence-corrected chi connectivity index (χ4v) is 4.55. The van der Waals surface area contributed by atoms with Crippen LogP contribution in [0.4, 0.5) is 4.39 Å². The first-order valence-corrected chi connectivity index (χ1v) is 10.1. The zero-order valence-electron chi connectivity index (χ0n) is 13.2. The predicted octanol–water partition coefficient (Wildman–Crippen LogP) is 4.70. The van der Waals surface area contributed by atoms with Crippen LogP contribution in [0.5, 0.6) is 0 Å². The van der Waals surface area contributed by atoms with Crippen LogP contribution in [0, 0.1) is 5.82 Å². The average Bonchev–Trinajstić information content (AvgIpc) is 3.34. The molecule has 4 aromatic rings. The van der Waals surface area contributed by atoms with Crippen molar-refractivity contribution in [1.29, 1.82) is 0 Å². The van der Waals surface area contributed by atoms with Gasteiger partial charge >= 0.3 is 5.97 Å². The van der Waals surface area contributed by atoms with Gasteiger partial charge < -0.3 is 4.74 Å². The van der Waals surface area contributed by atoms with Crippen molar-refractivity contribution in [3.8, 4) is 0 Å². The molecule has 0 saturated carbocycles. The van der Waals surface area contributed by atoms with Crippen molar-refractivity contribution in [2.24, 2.45) is 0 Å². The van der Waals surface area contributed by atoms with E-state index < -0.39 is 5.97 Å². The van der Waals surface area contributed by atoms with E-state index in [1.807, 2.05) is 16.0 Å². The lowest BCUT2D eigenvalue weighted by Crippen LogP contribution is -2.03. The van der Waals surface area contributed by atoms with Crippen molar-refractivity contribution >= 4 is 49.5 Å². The lowest BCUT2D eigenvalue weighted by molar-refractivity contribution is 0.0473. The Bertz CT molecular complexity index is 1070. The molecule has 0 saturated heterocycles. The largest absolute Gasteiger partial charge is 0.455 e. The number of fused-ring (bicyclic) bond motifs is 1. The van der Waals surface area contributed by atoms with E-state index in [1.165, 1.54) is 41.0 Å². The van der Waals surface area contributed by atoms with Gasteiger partial charge in [-0.05, 0) is 33.6 Å². The molecular formula is C17H11BrFN3O2S2. The fourth-order valence-electron chi connectivity index (χ4n) is 2.36. The summed E-state index contributed by atoms with van der Waals surface area (Å²) in [5.74, 6) is -0.710. The monoisotopic (exact) mass is 451 g/mol. The number of carbonyl (C=O) groups excluding carboxylic acids is 1. The van der Waals surface area contributed by atoms with Crippen LogP contribution in [0.15, 0.2) is 46.6 Å². The van der Waals surface area contributed by atoms with Crippen LogP contribution in [0.25, 0.3) is 4.96 Å². The van der Waals surface area contributed by atoms with Crippen molar-refractivity contribution in [2.75, 3.05) is 0 Å². The fraction of sp³-hybridized carbons (Fsp3) is 0.118. The molecule has 1 aromatic carbocycles. The highest BCUT2D eigenvalue weighted by Gasteiger charge is 2.16. The van der Waals surface area contributed by atoms with Crippen molar-refractivity contribution < 1.29 is 13.9 Å². The van der Waals surface area contributed by atoms with Crippen LogP contribution < -0.4 is 0 Å². The highest BCUT2D eigenvalue weighted by molar-refractivity contribution is 9.10. The molecule has 0 aliphatic carbocycles. The van der Waals surface area contributed by atoms with E-state index in [0.717, 1.165) is 20.1 Å². The Kier molecular flexibility index (Phi) is 4.84. The van der Waals surface area contributed by atoms with E-state index in [4.69, 9.17) is 4.74 Å². The van der Waals surface area contributed by atoms with Gasteiger partial charge in [-0.1, -0.05) is 12.1 Å². The number of halogens is 2. The highest BCUT2D eigenvalue weighted by atomic mass is 79.9. The molecule has 0 N–H and O–H groups in total. The standard InChI is InChI=1S/C17H11BrFN3O2S2/c18-15-12(21-17-22(15)5-6-25-17)9-24-16(23)13-8-20-14(26-13)7-10-1-3-11(19)4-2-10/h1-6,8H,7,9H2. The number of nitrogens with zero attached hydrogens (tertiary/aromatic N) is 3. The molecule has 26 heavy (non-hydrogen) atoms. The Morgan fingerprint density at radius 3 is 2.88 bits per heavy atom. The topological polar surface area (TPSA) is 56.5 Å². The maximum Gasteiger partial charge on any atom is 0.350 e. The molecule has 3 aromatic heterocycles. The van der Waals surface area contributed by atoms with Crippen LogP contribution >= 0.6 is 38.6 Å². The third-order valence-electron chi connectivity index (χ3n) is 3.63. The van der Waals surface area contributed by atoms with Gasteiger partial charge in [-0.15, -0.1) is 22.7 Å². The summed E-state index contributed by atoms with van der Waals surface area (Å²) in [4.78, 5) is 22.2. The van der Waals surface area contributed by atoms with Gasteiger partial charge in [-0.2, -0.15) is 0 Å². The SMILES string of the molecule is O=C(OCc1nc2sccn2c1Br)c1cnc(Cc2ccc(F)cc2)s1. The number of esters is 1. The molecular weight excluding hydrogens is 441 g/mol. The van der Waals surface area contributed by atoms with Crippen molar-refractivity contribution in [1.82, 2.24) is 14.4 Å². The molecule has 0 unspecified atom stereocenters. The zero-order valence-corrected chi connectivity index (χ0v) is 16.4. The van der Waals surface area contributed by atoms with E-state index in [2.05, 4.69) is 25.9 Å². The van der Waals surface area contributed by atoms with Gasteiger partial charge in [0.15, 0.2) is 4.96 Å². The van der Waals surface area contributed by atoms with E-state index in [1.54, 1.807) is 12.1 Å². The predicted molar refractivity (Wildman–Crippen MR) is 101 cm³/mol. The van der Waals surface area contributed by atoms with Gasteiger partial charge in [0.2, 0.25) is 0 Å². The summed E-state index contributed by atoms with van der Waals surface area (Å²) in [7, 11) is 0. The molecule has 0 aliphatic heterocycles. The molecule has 5 nitrogen and oxygen atoms in total. The number of ether oxygens (including phenoxy) is 1. The Morgan fingerprint density at radius 2 is 2.12 bits per heavy atom. The zero-order chi connectivity index (χ0) is 18.1. The molecule has 0 aliphatic rings. The molecule has 9 heteroatoms. The summed E-state index contributed by atoms with van der Waals surface area (Å²) in [6, 6.07) is 6.23. The first-order valence-electron chi connectivity index (χ1n) is 7.56. The van der Waals surface area contributed by atoms with Gasteiger partial charge in [0.25, 0.3) is 0 Å². The second kappa shape index (κ2) is 7.26. The van der Waals surface area contributed by atoms with E-state index in [-0.39, 0.29) is 12.4 Å². The molecule has 0 amide bonds. The summed E-state index contributed by atoms with van der Waals surface area (Å²) in [5, 5.41) is 2.70. The van der Waals surface area contributed by atoms with E-state index >= 15 is 0 Å². The number of hydrogen-bond acceptors (Lipinski definition) is 6. The first kappa shape index (κ1) is 17.3. The van der Waals surface area contributed by atoms with Crippen molar-refractivity contribution in [2.45, 2.75) is 13.0 Å². The van der Waals surface area contributed by atoms with Crippen LogP contribution in [0.1, 0.15) is 25.9 Å². The normalized spacial score (nSPS) is 11.2. The summed E-state index contributed by atoms with van der Waals surface area (Å²) >= 11 is 6.24. The average molecular weight is 452 g/mol. The highest BCUT2D eigenvalue weighted by Crippen LogP contribution is 2.24. The molecule has 0 atom stereocenters. The first-order chi connectivity index (χ1) is 12.6. The van der Waals surface area contributed by atoms with Crippen molar-refractivity contribution in [3.05, 3.63) is 73.6 Å².